The van der Waals surface area contributed by atoms with Crippen molar-refractivity contribution >= 4 is 11.5 Å². The van der Waals surface area contributed by atoms with E-state index in [1.807, 2.05) is 12.1 Å². The number of hydrogen-bond acceptors (Lipinski definition) is 5. The monoisotopic (exact) mass is 234 g/mol. The van der Waals surface area contributed by atoms with Gasteiger partial charge in [0.1, 0.15) is 0 Å². The van der Waals surface area contributed by atoms with Crippen LogP contribution in [0.3, 0.4) is 0 Å². The van der Waals surface area contributed by atoms with E-state index >= 15 is 0 Å². The van der Waals surface area contributed by atoms with Crippen molar-refractivity contribution in [2.45, 2.75) is 25.8 Å². The highest BCUT2D eigenvalue weighted by Crippen LogP contribution is 2.24. The van der Waals surface area contributed by atoms with Crippen LogP contribution in [0, 0.1) is 0 Å². The van der Waals surface area contributed by atoms with Crippen LogP contribution >= 0.6 is 11.5 Å². The van der Waals surface area contributed by atoms with Gasteiger partial charge in [0.05, 0.1) is 16.6 Å². The minimum Gasteiger partial charge on any atom is -0.319 e. The lowest BCUT2D eigenvalue weighted by Gasteiger charge is -2.09. The maximum absolute atomic E-state index is 6.18. The van der Waals surface area contributed by atoms with Crippen LogP contribution in [0.1, 0.15) is 35.5 Å². The van der Waals surface area contributed by atoms with E-state index in [1.165, 1.54) is 11.5 Å². The van der Waals surface area contributed by atoms with Crippen LogP contribution in [0.5, 0.6) is 0 Å². The zero-order chi connectivity index (χ0) is 11.4. The van der Waals surface area contributed by atoms with Gasteiger partial charge >= 0.3 is 0 Å². The molecule has 0 aliphatic carbocycles. The molecule has 1 unspecified atom stereocenters. The first-order valence-electron chi connectivity index (χ1n) is 5.29. The molecule has 2 aromatic heterocycles. The molecule has 0 fully saturated rings. The summed E-state index contributed by atoms with van der Waals surface area (Å²) in [5.41, 5.74) is 8.21. The summed E-state index contributed by atoms with van der Waals surface area (Å²) in [5, 5.41) is 4.12. The lowest BCUT2D eigenvalue weighted by molar-refractivity contribution is 0.811. The molecule has 16 heavy (non-hydrogen) atoms. The molecule has 1 atom stereocenters. The molecule has 2 rings (SSSR count). The fourth-order valence-corrected chi connectivity index (χ4v) is 2.30. The molecule has 0 radical (unpaired) electrons. The first-order chi connectivity index (χ1) is 7.83. The average Bonchev–Trinajstić information content (AvgIpc) is 2.78. The number of hydrogen-bond donors (Lipinski definition) is 1. The van der Waals surface area contributed by atoms with Crippen LogP contribution in [-0.4, -0.2) is 14.6 Å². The molecular weight excluding hydrogens is 220 g/mol. The van der Waals surface area contributed by atoms with E-state index in [0.29, 0.717) is 0 Å². The maximum atomic E-state index is 6.18. The molecule has 0 saturated heterocycles. The quantitative estimate of drug-likeness (QED) is 0.878. The summed E-state index contributed by atoms with van der Waals surface area (Å²) in [6.07, 6.45) is 5.52. The van der Waals surface area contributed by atoms with Crippen molar-refractivity contribution in [3.63, 3.8) is 0 Å². The number of aromatic nitrogens is 3. The SMILES string of the molecule is CCCc1nnsc1C(N)c1cccnc1. The van der Waals surface area contributed by atoms with Crippen LogP contribution in [0.15, 0.2) is 24.5 Å². The van der Waals surface area contributed by atoms with Crippen molar-refractivity contribution in [2.75, 3.05) is 0 Å². The third-order valence-corrected chi connectivity index (χ3v) is 3.25. The van der Waals surface area contributed by atoms with Crippen molar-refractivity contribution in [1.82, 2.24) is 14.6 Å². The molecular formula is C11H14N4S. The van der Waals surface area contributed by atoms with Crippen molar-refractivity contribution < 1.29 is 0 Å². The molecule has 0 amide bonds. The predicted molar refractivity (Wildman–Crippen MR) is 64.2 cm³/mol. The van der Waals surface area contributed by atoms with Gasteiger partial charge in [-0.3, -0.25) is 4.98 Å². The molecule has 0 bridgehead atoms. The second kappa shape index (κ2) is 5.14. The normalized spacial score (nSPS) is 12.6. The number of nitrogens with two attached hydrogens (primary N) is 1. The first-order valence-corrected chi connectivity index (χ1v) is 6.07. The fourth-order valence-electron chi connectivity index (χ4n) is 1.57. The Morgan fingerprint density at radius 1 is 1.50 bits per heavy atom. The second-order valence-electron chi connectivity index (χ2n) is 3.60. The molecule has 0 spiro atoms. The number of aryl methyl sites for hydroxylation is 1. The number of nitrogens with zero attached hydrogens (tertiary/aromatic N) is 3. The molecule has 0 aliphatic heterocycles. The molecule has 0 aromatic carbocycles. The maximum Gasteiger partial charge on any atom is 0.0807 e. The third-order valence-electron chi connectivity index (χ3n) is 2.40. The Bertz CT molecular complexity index is 440. The van der Waals surface area contributed by atoms with E-state index in [9.17, 15) is 0 Å². The Morgan fingerprint density at radius 2 is 2.38 bits per heavy atom. The van der Waals surface area contributed by atoms with Gasteiger partial charge < -0.3 is 5.73 Å². The highest BCUT2D eigenvalue weighted by Gasteiger charge is 2.16. The van der Waals surface area contributed by atoms with Crippen molar-refractivity contribution in [3.8, 4) is 0 Å². The predicted octanol–water partition coefficient (Wildman–Crippen LogP) is 1.93. The zero-order valence-corrected chi connectivity index (χ0v) is 9.94. The molecule has 2 heterocycles. The standard InChI is InChI=1S/C11H14N4S/c1-2-4-9-11(16-15-14-9)10(12)8-5-3-6-13-7-8/h3,5-7,10H,2,4,12H2,1H3. The summed E-state index contributed by atoms with van der Waals surface area (Å²) in [6, 6.07) is 3.71. The molecule has 4 nitrogen and oxygen atoms in total. The van der Waals surface area contributed by atoms with E-state index in [2.05, 4.69) is 21.5 Å². The van der Waals surface area contributed by atoms with Crippen LogP contribution in [0.25, 0.3) is 0 Å². The highest BCUT2D eigenvalue weighted by molar-refractivity contribution is 7.05. The van der Waals surface area contributed by atoms with Gasteiger partial charge in [0.2, 0.25) is 0 Å². The summed E-state index contributed by atoms with van der Waals surface area (Å²) in [5.74, 6) is 0. The van der Waals surface area contributed by atoms with Crippen LogP contribution in [0.4, 0.5) is 0 Å². The smallest absolute Gasteiger partial charge is 0.0807 e. The topological polar surface area (TPSA) is 64.7 Å². The largest absolute Gasteiger partial charge is 0.319 e. The van der Waals surface area contributed by atoms with Crippen molar-refractivity contribution in [3.05, 3.63) is 40.7 Å². The van der Waals surface area contributed by atoms with E-state index < -0.39 is 0 Å². The Kier molecular flexibility index (Phi) is 3.58. The van der Waals surface area contributed by atoms with E-state index in [1.54, 1.807) is 12.4 Å². The van der Waals surface area contributed by atoms with Gasteiger partial charge in [0.15, 0.2) is 0 Å². The minimum atomic E-state index is -0.157. The van der Waals surface area contributed by atoms with Gasteiger partial charge in [-0.05, 0) is 29.6 Å². The summed E-state index contributed by atoms with van der Waals surface area (Å²) in [7, 11) is 0. The Labute approximate surface area is 98.7 Å². The van der Waals surface area contributed by atoms with Gasteiger partial charge in [-0.2, -0.15) is 0 Å². The van der Waals surface area contributed by atoms with Crippen LogP contribution in [0.2, 0.25) is 0 Å². The molecule has 2 aromatic rings. The van der Waals surface area contributed by atoms with Gasteiger partial charge in [0, 0.05) is 12.4 Å². The van der Waals surface area contributed by atoms with Crippen molar-refractivity contribution in [2.24, 2.45) is 5.73 Å². The molecule has 84 valence electrons. The van der Waals surface area contributed by atoms with E-state index in [-0.39, 0.29) is 6.04 Å². The van der Waals surface area contributed by atoms with Gasteiger partial charge in [0.25, 0.3) is 0 Å². The summed E-state index contributed by atoms with van der Waals surface area (Å²) in [4.78, 5) is 5.13. The Hall–Kier alpha value is -1.33. The van der Waals surface area contributed by atoms with Crippen LogP contribution < -0.4 is 5.73 Å². The summed E-state index contributed by atoms with van der Waals surface area (Å²) < 4.78 is 3.98. The molecule has 0 aliphatic rings. The van der Waals surface area contributed by atoms with E-state index in [4.69, 9.17) is 5.73 Å². The molecule has 0 saturated carbocycles. The highest BCUT2D eigenvalue weighted by atomic mass is 32.1. The van der Waals surface area contributed by atoms with Crippen molar-refractivity contribution in [1.29, 1.82) is 0 Å². The molecule has 2 N–H and O–H groups in total. The van der Waals surface area contributed by atoms with Gasteiger partial charge in [-0.25, -0.2) is 0 Å². The minimum absolute atomic E-state index is 0.157. The third kappa shape index (κ3) is 2.25. The molecule has 5 heteroatoms. The average molecular weight is 234 g/mol. The summed E-state index contributed by atoms with van der Waals surface area (Å²) >= 11 is 1.38. The fraction of sp³-hybridized carbons (Fsp3) is 0.364. The lowest BCUT2D eigenvalue weighted by atomic mass is 10.1. The first kappa shape index (κ1) is 11.2. The Balaban J connectivity index is 2.27. The zero-order valence-electron chi connectivity index (χ0n) is 9.13. The van der Waals surface area contributed by atoms with Crippen LogP contribution in [-0.2, 0) is 6.42 Å². The van der Waals surface area contributed by atoms with Gasteiger partial charge in [-0.15, -0.1) is 5.10 Å². The summed E-state index contributed by atoms with van der Waals surface area (Å²) in [6.45, 7) is 2.12. The number of rotatable bonds is 4. The lowest BCUT2D eigenvalue weighted by Crippen LogP contribution is -2.12. The van der Waals surface area contributed by atoms with Gasteiger partial charge in [-0.1, -0.05) is 23.9 Å². The second-order valence-corrected chi connectivity index (χ2v) is 4.38. The number of pyridine rings is 1. The Morgan fingerprint density at radius 3 is 3.06 bits per heavy atom. The van der Waals surface area contributed by atoms with E-state index in [0.717, 1.165) is 29.0 Å².